The lowest BCUT2D eigenvalue weighted by Gasteiger charge is -2.21. The predicted octanol–water partition coefficient (Wildman–Crippen LogP) is 13.6. The second kappa shape index (κ2) is 13.4. The summed E-state index contributed by atoms with van der Waals surface area (Å²) in [6.07, 6.45) is 0. The molecular formula is C54H38N4. The fourth-order valence-corrected chi connectivity index (χ4v) is 8.87. The van der Waals surface area contributed by atoms with Crippen LogP contribution in [0.15, 0.2) is 194 Å². The minimum absolute atomic E-state index is 0.121. The average molecular weight is 743 g/mol. The normalized spacial score (nSPS) is 12.8. The second-order valence-corrected chi connectivity index (χ2v) is 15.7. The van der Waals surface area contributed by atoms with Crippen LogP contribution in [-0.2, 0) is 5.41 Å². The largest absolute Gasteiger partial charge is 0.309 e. The summed E-state index contributed by atoms with van der Waals surface area (Å²) in [7, 11) is 0. The van der Waals surface area contributed by atoms with Gasteiger partial charge in [-0.25, -0.2) is 15.0 Å². The maximum atomic E-state index is 5.11. The van der Waals surface area contributed by atoms with Gasteiger partial charge >= 0.3 is 0 Å². The van der Waals surface area contributed by atoms with Crippen molar-refractivity contribution in [2.75, 3.05) is 0 Å². The topological polar surface area (TPSA) is 43.6 Å². The standard InChI is InChI=1S/C54H38N4/c1-54(2)47-19-11-9-17-43(47)44-31-27-41(34-48(44)54)53-56-51(38-15-7-4-8-16-38)55-52(57-53)39-23-21-36(22-24-39)37-25-29-42(30-26-37)58-49-20-12-10-18-45(49)46-33-40(28-32-50(46)58)35-13-5-3-6-14-35/h3-34H,1-2H3. The first kappa shape index (κ1) is 33.9. The Hall–Kier alpha value is -7.43. The highest BCUT2D eigenvalue weighted by molar-refractivity contribution is 6.10. The molecule has 0 bridgehead atoms. The van der Waals surface area contributed by atoms with Crippen molar-refractivity contribution in [3.05, 3.63) is 205 Å². The van der Waals surface area contributed by atoms with Crippen LogP contribution in [0.4, 0.5) is 0 Å². The number of hydrogen-bond acceptors (Lipinski definition) is 3. The van der Waals surface area contributed by atoms with Crippen molar-refractivity contribution in [3.63, 3.8) is 0 Å². The highest BCUT2D eigenvalue weighted by Gasteiger charge is 2.35. The fraction of sp³-hybridized carbons (Fsp3) is 0.0556. The molecule has 11 rings (SSSR count). The zero-order valence-electron chi connectivity index (χ0n) is 32.3. The summed E-state index contributed by atoms with van der Waals surface area (Å²) in [4.78, 5) is 15.2. The molecule has 0 unspecified atom stereocenters. The van der Waals surface area contributed by atoms with E-state index in [1.165, 1.54) is 55.2 Å². The third-order valence-electron chi connectivity index (χ3n) is 11.9. The summed E-state index contributed by atoms with van der Waals surface area (Å²) >= 11 is 0. The van der Waals surface area contributed by atoms with Crippen LogP contribution in [0.5, 0.6) is 0 Å². The molecule has 1 aliphatic carbocycles. The van der Waals surface area contributed by atoms with Gasteiger partial charge < -0.3 is 4.57 Å². The minimum atomic E-state index is -0.121. The van der Waals surface area contributed by atoms with Crippen LogP contribution in [0.3, 0.4) is 0 Å². The van der Waals surface area contributed by atoms with Crippen LogP contribution in [-0.4, -0.2) is 19.5 Å². The number of aromatic nitrogens is 4. The average Bonchev–Trinajstić information content (AvgIpc) is 3.74. The Morgan fingerprint density at radius 1 is 0.345 bits per heavy atom. The van der Waals surface area contributed by atoms with Crippen LogP contribution >= 0.6 is 0 Å². The molecule has 0 amide bonds. The van der Waals surface area contributed by atoms with Crippen LogP contribution in [0.25, 0.3) is 95.0 Å². The zero-order valence-corrected chi connectivity index (χ0v) is 32.3. The van der Waals surface area contributed by atoms with Gasteiger partial charge in [-0.15, -0.1) is 0 Å². The quantitative estimate of drug-likeness (QED) is 0.170. The van der Waals surface area contributed by atoms with E-state index in [4.69, 9.17) is 15.0 Å². The van der Waals surface area contributed by atoms with Crippen molar-refractivity contribution in [3.8, 4) is 73.2 Å². The van der Waals surface area contributed by atoms with Crippen molar-refractivity contribution < 1.29 is 0 Å². The smallest absolute Gasteiger partial charge is 0.164 e. The Morgan fingerprint density at radius 3 is 1.55 bits per heavy atom. The minimum Gasteiger partial charge on any atom is -0.309 e. The van der Waals surface area contributed by atoms with E-state index in [0.717, 1.165) is 33.5 Å². The summed E-state index contributed by atoms with van der Waals surface area (Å²) in [5, 5.41) is 2.50. The van der Waals surface area contributed by atoms with Crippen LogP contribution in [0.1, 0.15) is 25.0 Å². The monoisotopic (exact) mass is 742 g/mol. The summed E-state index contributed by atoms with van der Waals surface area (Å²) in [5.74, 6) is 1.97. The van der Waals surface area contributed by atoms with E-state index in [9.17, 15) is 0 Å². The zero-order chi connectivity index (χ0) is 38.8. The van der Waals surface area contributed by atoms with E-state index in [-0.39, 0.29) is 5.41 Å². The molecule has 0 fully saturated rings. The van der Waals surface area contributed by atoms with Gasteiger partial charge in [0.05, 0.1) is 11.0 Å². The molecule has 2 aromatic heterocycles. The molecule has 4 heteroatoms. The van der Waals surface area contributed by atoms with E-state index < -0.39 is 0 Å². The highest BCUT2D eigenvalue weighted by Crippen LogP contribution is 2.49. The van der Waals surface area contributed by atoms with Gasteiger partial charge in [0.15, 0.2) is 17.5 Å². The summed E-state index contributed by atoms with van der Waals surface area (Å²) < 4.78 is 2.37. The molecule has 0 saturated heterocycles. The molecular weight excluding hydrogens is 705 g/mol. The van der Waals surface area contributed by atoms with E-state index >= 15 is 0 Å². The lowest BCUT2D eigenvalue weighted by Crippen LogP contribution is -2.15. The van der Waals surface area contributed by atoms with Gasteiger partial charge in [-0.2, -0.15) is 0 Å². The number of rotatable bonds is 6. The van der Waals surface area contributed by atoms with Gasteiger partial charge in [0.25, 0.3) is 0 Å². The lowest BCUT2D eigenvalue weighted by molar-refractivity contribution is 0.660. The first-order valence-electron chi connectivity index (χ1n) is 19.9. The maximum absolute atomic E-state index is 5.11. The van der Waals surface area contributed by atoms with Gasteiger partial charge in [0.1, 0.15) is 0 Å². The molecule has 58 heavy (non-hydrogen) atoms. The summed E-state index contributed by atoms with van der Waals surface area (Å²) in [5.41, 5.74) is 16.2. The van der Waals surface area contributed by atoms with Gasteiger partial charge in [-0.1, -0.05) is 172 Å². The Morgan fingerprint density at radius 2 is 0.828 bits per heavy atom. The van der Waals surface area contributed by atoms with Crippen LogP contribution in [0, 0.1) is 0 Å². The van der Waals surface area contributed by atoms with E-state index in [1.54, 1.807) is 0 Å². The Kier molecular flexibility index (Phi) is 7.80. The van der Waals surface area contributed by atoms with Crippen molar-refractivity contribution in [1.29, 1.82) is 0 Å². The van der Waals surface area contributed by atoms with Crippen molar-refractivity contribution in [1.82, 2.24) is 19.5 Å². The molecule has 8 aromatic carbocycles. The Bertz CT molecular complexity index is 3160. The lowest BCUT2D eigenvalue weighted by atomic mass is 9.82. The number of nitrogens with zero attached hydrogens (tertiary/aromatic N) is 4. The van der Waals surface area contributed by atoms with Gasteiger partial charge in [0.2, 0.25) is 0 Å². The number of fused-ring (bicyclic) bond motifs is 6. The van der Waals surface area contributed by atoms with E-state index in [2.05, 4.69) is 194 Å². The second-order valence-electron chi connectivity index (χ2n) is 15.7. The molecule has 10 aromatic rings. The van der Waals surface area contributed by atoms with Gasteiger partial charge in [-0.05, 0) is 80.9 Å². The van der Waals surface area contributed by atoms with Crippen LogP contribution in [0.2, 0.25) is 0 Å². The van der Waals surface area contributed by atoms with Gasteiger partial charge in [0, 0.05) is 38.6 Å². The first-order chi connectivity index (χ1) is 28.5. The highest BCUT2D eigenvalue weighted by atomic mass is 15.0. The molecule has 0 atom stereocenters. The molecule has 0 aliphatic heterocycles. The van der Waals surface area contributed by atoms with E-state index in [0.29, 0.717) is 17.5 Å². The molecule has 0 saturated carbocycles. The number of para-hydroxylation sites is 1. The number of hydrogen-bond donors (Lipinski definition) is 0. The molecule has 0 N–H and O–H groups in total. The molecule has 0 spiro atoms. The number of benzene rings is 8. The fourth-order valence-electron chi connectivity index (χ4n) is 8.87. The molecule has 2 heterocycles. The van der Waals surface area contributed by atoms with E-state index in [1.807, 2.05) is 18.2 Å². The molecule has 1 aliphatic rings. The molecule has 4 nitrogen and oxygen atoms in total. The van der Waals surface area contributed by atoms with Gasteiger partial charge in [-0.3, -0.25) is 0 Å². The predicted molar refractivity (Wildman–Crippen MR) is 239 cm³/mol. The van der Waals surface area contributed by atoms with Crippen molar-refractivity contribution >= 4 is 21.8 Å². The van der Waals surface area contributed by atoms with Crippen molar-refractivity contribution in [2.24, 2.45) is 0 Å². The van der Waals surface area contributed by atoms with Crippen molar-refractivity contribution in [2.45, 2.75) is 19.3 Å². The third-order valence-corrected chi connectivity index (χ3v) is 11.9. The maximum Gasteiger partial charge on any atom is 0.164 e. The summed E-state index contributed by atoms with van der Waals surface area (Å²) in [6.45, 7) is 4.60. The SMILES string of the molecule is CC1(C)c2ccccc2-c2ccc(-c3nc(-c4ccccc4)nc(-c4ccc(-c5ccc(-n6c7ccccc7c7cc(-c8ccccc8)ccc76)cc5)cc4)n3)cc21. The first-order valence-corrected chi connectivity index (χ1v) is 19.9. The van der Waals surface area contributed by atoms with Crippen LogP contribution < -0.4 is 0 Å². The Balaban J connectivity index is 0.937. The molecule has 274 valence electrons. The Labute approximate surface area is 337 Å². The summed E-state index contributed by atoms with van der Waals surface area (Å²) in [6, 6.07) is 69.1. The molecule has 0 radical (unpaired) electrons. The third kappa shape index (κ3) is 5.56.